The van der Waals surface area contributed by atoms with Gasteiger partial charge in [-0.15, -0.1) is 0 Å². The van der Waals surface area contributed by atoms with E-state index < -0.39 is 11.4 Å². The summed E-state index contributed by atoms with van der Waals surface area (Å²) in [5.41, 5.74) is -0.734. The molecule has 0 spiro atoms. The molecule has 2 heterocycles. The molecule has 3 rings (SSSR count). The van der Waals surface area contributed by atoms with Gasteiger partial charge in [0.1, 0.15) is 0 Å². The second-order valence-electron chi connectivity index (χ2n) is 8.49. The van der Waals surface area contributed by atoms with Crippen molar-refractivity contribution < 1.29 is 19.5 Å². The molecule has 27 heavy (non-hydrogen) atoms. The van der Waals surface area contributed by atoms with Crippen LogP contribution in [0.15, 0.2) is 0 Å². The fraction of sp³-hybridized carbons (Fsp3) is 0.850. The number of carboxylic acid groups (broad SMARTS) is 1. The van der Waals surface area contributed by atoms with Gasteiger partial charge in [-0.3, -0.25) is 9.59 Å². The van der Waals surface area contributed by atoms with Gasteiger partial charge in [0.15, 0.2) is 0 Å². The summed E-state index contributed by atoms with van der Waals surface area (Å²) < 4.78 is 0. The van der Waals surface area contributed by atoms with Crippen LogP contribution in [0.5, 0.6) is 0 Å². The molecule has 0 aromatic carbocycles. The molecule has 7 nitrogen and oxygen atoms in total. The first-order valence-corrected chi connectivity index (χ1v) is 10.5. The minimum Gasteiger partial charge on any atom is -0.481 e. The molecule has 0 radical (unpaired) electrons. The summed E-state index contributed by atoms with van der Waals surface area (Å²) in [4.78, 5) is 40.5. The van der Waals surface area contributed by atoms with E-state index in [9.17, 15) is 19.5 Å². The predicted molar refractivity (Wildman–Crippen MR) is 101 cm³/mol. The van der Waals surface area contributed by atoms with E-state index in [0.29, 0.717) is 32.6 Å². The van der Waals surface area contributed by atoms with Crippen LogP contribution in [0.3, 0.4) is 0 Å². The summed E-state index contributed by atoms with van der Waals surface area (Å²) in [5, 5.41) is 12.7. The highest BCUT2D eigenvalue weighted by Gasteiger charge is 2.55. The van der Waals surface area contributed by atoms with Crippen LogP contribution in [0.4, 0.5) is 4.79 Å². The smallest absolute Gasteiger partial charge is 0.317 e. The van der Waals surface area contributed by atoms with Gasteiger partial charge in [-0.05, 0) is 44.4 Å². The number of carboxylic acids is 1. The van der Waals surface area contributed by atoms with Crippen molar-refractivity contribution in [2.75, 3.05) is 26.2 Å². The zero-order valence-corrected chi connectivity index (χ0v) is 16.6. The maximum atomic E-state index is 12.7. The Morgan fingerprint density at radius 3 is 2.33 bits per heavy atom. The van der Waals surface area contributed by atoms with Crippen LogP contribution >= 0.6 is 0 Å². The number of hydrogen-bond donors (Lipinski definition) is 2. The highest BCUT2D eigenvalue weighted by Crippen LogP contribution is 2.48. The number of nitrogens with zero attached hydrogens (tertiary/aromatic N) is 2. The fourth-order valence-corrected chi connectivity index (χ4v) is 5.20. The largest absolute Gasteiger partial charge is 0.481 e. The number of carbonyl (C=O) groups is 3. The zero-order chi connectivity index (χ0) is 19.6. The molecule has 7 heteroatoms. The fourth-order valence-electron chi connectivity index (χ4n) is 5.20. The predicted octanol–water partition coefficient (Wildman–Crippen LogP) is 2.31. The number of fused-ring (bicyclic) bond motifs is 1. The molecule has 0 bridgehead atoms. The lowest BCUT2D eigenvalue weighted by Crippen LogP contribution is -2.51. The maximum absolute atomic E-state index is 12.7. The molecule has 1 aliphatic carbocycles. The molecule has 2 saturated heterocycles. The van der Waals surface area contributed by atoms with Crippen LogP contribution in [0.1, 0.15) is 58.8 Å². The van der Waals surface area contributed by atoms with E-state index in [1.54, 1.807) is 4.90 Å². The number of aliphatic carboxylic acids is 1. The summed E-state index contributed by atoms with van der Waals surface area (Å²) in [6.45, 7) is 6.33. The third-order valence-corrected chi connectivity index (χ3v) is 7.05. The Balaban J connectivity index is 1.49. The number of carbonyl (C=O) groups excluding carboxylic acids is 2. The standard InChI is InChI=1S/C20H33N3O4/c1-3-14(4-2)17(24)22-10-7-16(8-11-22)21-19(27)23-12-15-6-5-9-20(15,13-23)18(25)26/h14-16H,3-13H2,1-2H3,(H,21,27)(H,25,26)/t15-,20+/m0/s1. The Labute approximate surface area is 161 Å². The van der Waals surface area contributed by atoms with Crippen molar-refractivity contribution in [2.45, 2.75) is 64.8 Å². The lowest BCUT2D eigenvalue weighted by Gasteiger charge is -2.35. The number of hydrogen-bond acceptors (Lipinski definition) is 3. The average molecular weight is 380 g/mol. The molecule has 152 valence electrons. The van der Waals surface area contributed by atoms with Gasteiger partial charge in [0.25, 0.3) is 0 Å². The molecule has 2 N–H and O–H groups in total. The van der Waals surface area contributed by atoms with E-state index in [4.69, 9.17) is 0 Å². The first-order chi connectivity index (χ1) is 12.9. The van der Waals surface area contributed by atoms with Crippen molar-refractivity contribution in [3.63, 3.8) is 0 Å². The molecule has 0 aromatic heterocycles. The first kappa shape index (κ1) is 20.0. The van der Waals surface area contributed by atoms with Gasteiger partial charge >= 0.3 is 12.0 Å². The van der Waals surface area contributed by atoms with Crippen molar-refractivity contribution in [1.82, 2.24) is 15.1 Å². The highest BCUT2D eigenvalue weighted by atomic mass is 16.4. The van der Waals surface area contributed by atoms with Gasteiger partial charge in [0.05, 0.1) is 5.41 Å². The molecule has 2 atom stereocenters. The zero-order valence-electron chi connectivity index (χ0n) is 16.6. The van der Waals surface area contributed by atoms with E-state index in [1.807, 2.05) is 18.7 Å². The van der Waals surface area contributed by atoms with Crippen LogP contribution in [0.25, 0.3) is 0 Å². The number of amides is 3. The summed E-state index contributed by atoms with van der Waals surface area (Å²) in [7, 11) is 0. The number of piperidine rings is 1. The molecular weight excluding hydrogens is 346 g/mol. The van der Waals surface area contributed by atoms with Crippen LogP contribution in [-0.2, 0) is 9.59 Å². The number of urea groups is 1. The van der Waals surface area contributed by atoms with Gasteiger partial charge in [0.2, 0.25) is 5.91 Å². The van der Waals surface area contributed by atoms with E-state index in [2.05, 4.69) is 5.32 Å². The maximum Gasteiger partial charge on any atom is 0.317 e. The van der Waals surface area contributed by atoms with E-state index in [0.717, 1.165) is 38.5 Å². The third-order valence-electron chi connectivity index (χ3n) is 7.05. The number of likely N-dealkylation sites (tertiary alicyclic amines) is 2. The minimum atomic E-state index is -0.756. The Hall–Kier alpha value is -1.79. The average Bonchev–Trinajstić information content (AvgIpc) is 3.22. The van der Waals surface area contributed by atoms with E-state index in [1.165, 1.54) is 0 Å². The summed E-state index contributed by atoms with van der Waals surface area (Å²) in [6.07, 6.45) is 5.77. The Bertz CT molecular complexity index is 584. The molecule has 0 aromatic rings. The molecule has 3 aliphatic rings. The van der Waals surface area contributed by atoms with Gasteiger partial charge in [0, 0.05) is 38.1 Å². The lowest BCUT2D eigenvalue weighted by molar-refractivity contribution is -0.149. The highest BCUT2D eigenvalue weighted by molar-refractivity contribution is 5.81. The minimum absolute atomic E-state index is 0.0597. The third kappa shape index (κ3) is 3.78. The molecule has 1 saturated carbocycles. The van der Waals surface area contributed by atoms with E-state index >= 15 is 0 Å². The Kier molecular flexibility index (Phi) is 5.96. The second-order valence-corrected chi connectivity index (χ2v) is 8.49. The summed E-state index contributed by atoms with van der Waals surface area (Å²) in [5.74, 6) is -0.332. The van der Waals surface area contributed by atoms with Crippen LogP contribution < -0.4 is 5.32 Å². The van der Waals surface area contributed by atoms with E-state index in [-0.39, 0.29) is 29.8 Å². The molecule has 0 unspecified atom stereocenters. The monoisotopic (exact) mass is 379 g/mol. The van der Waals surface area contributed by atoms with Gasteiger partial charge in [-0.2, -0.15) is 0 Å². The normalized spacial score (nSPS) is 28.5. The Morgan fingerprint density at radius 2 is 1.78 bits per heavy atom. The summed E-state index contributed by atoms with van der Waals surface area (Å²) in [6, 6.07) is -0.0840. The molecule has 2 aliphatic heterocycles. The van der Waals surface area contributed by atoms with Crippen molar-refractivity contribution in [3.05, 3.63) is 0 Å². The van der Waals surface area contributed by atoms with Crippen molar-refractivity contribution in [2.24, 2.45) is 17.3 Å². The molecular formula is C20H33N3O4. The van der Waals surface area contributed by atoms with Gasteiger partial charge < -0.3 is 20.2 Å². The van der Waals surface area contributed by atoms with Gasteiger partial charge in [-0.25, -0.2) is 4.79 Å². The molecule has 3 fully saturated rings. The number of nitrogens with one attached hydrogen (secondary N) is 1. The van der Waals surface area contributed by atoms with Crippen LogP contribution in [0, 0.1) is 17.3 Å². The van der Waals surface area contributed by atoms with Crippen LogP contribution in [-0.4, -0.2) is 65.0 Å². The SMILES string of the molecule is CCC(CC)C(=O)N1CCC(NC(=O)N2C[C@@H]3CCC[C@@]3(C(=O)O)C2)CC1. The first-order valence-electron chi connectivity index (χ1n) is 10.5. The molecule has 3 amide bonds. The quantitative estimate of drug-likeness (QED) is 0.767. The Morgan fingerprint density at radius 1 is 1.11 bits per heavy atom. The lowest BCUT2D eigenvalue weighted by atomic mass is 9.81. The van der Waals surface area contributed by atoms with Crippen molar-refractivity contribution in [1.29, 1.82) is 0 Å². The van der Waals surface area contributed by atoms with Crippen molar-refractivity contribution in [3.8, 4) is 0 Å². The van der Waals surface area contributed by atoms with Gasteiger partial charge in [-0.1, -0.05) is 20.3 Å². The number of rotatable bonds is 5. The second kappa shape index (κ2) is 8.07. The topological polar surface area (TPSA) is 90.0 Å². The van der Waals surface area contributed by atoms with Crippen molar-refractivity contribution >= 4 is 17.9 Å². The summed E-state index contributed by atoms with van der Waals surface area (Å²) >= 11 is 0. The van der Waals surface area contributed by atoms with Crippen LogP contribution in [0.2, 0.25) is 0 Å².